The van der Waals surface area contributed by atoms with Crippen molar-refractivity contribution in [1.29, 1.82) is 0 Å². The number of benzene rings is 1. The quantitative estimate of drug-likeness (QED) is 0.782. The van der Waals surface area contributed by atoms with E-state index in [2.05, 4.69) is 19.7 Å². The van der Waals surface area contributed by atoms with E-state index in [9.17, 15) is 13.2 Å². The van der Waals surface area contributed by atoms with E-state index in [1.54, 1.807) is 17.0 Å². The van der Waals surface area contributed by atoms with Crippen LogP contribution in [0.5, 0.6) is 0 Å². The predicted molar refractivity (Wildman–Crippen MR) is 79.2 cm³/mol. The number of nitrogens with zero attached hydrogens (tertiary/aromatic N) is 3. The van der Waals surface area contributed by atoms with Gasteiger partial charge in [-0.15, -0.1) is 0 Å². The topological polar surface area (TPSA) is 126 Å². The molecule has 10 heteroatoms. The van der Waals surface area contributed by atoms with Gasteiger partial charge in [0.15, 0.2) is 5.52 Å². The van der Waals surface area contributed by atoms with Gasteiger partial charge >= 0.3 is 5.97 Å². The molecule has 1 aliphatic heterocycles. The Kier molecular flexibility index (Phi) is 4.28. The van der Waals surface area contributed by atoms with Gasteiger partial charge in [0.1, 0.15) is 10.4 Å². The zero-order chi connectivity index (χ0) is 16.4. The number of likely N-dealkylation sites (tertiary alicyclic amines) is 1. The Bertz CT molecular complexity index is 811. The van der Waals surface area contributed by atoms with Crippen LogP contribution in [0.4, 0.5) is 0 Å². The monoisotopic (exact) mass is 340 g/mol. The fourth-order valence-electron chi connectivity index (χ4n) is 2.68. The van der Waals surface area contributed by atoms with Crippen molar-refractivity contribution in [2.75, 3.05) is 19.6 Å². The van der Waals surface area contributed by atoms with Crippen molar-refractivity contribution in [3.8, 4) is 0 Å². The molecule has 1 aromatic heterocycles. The molecule has 0 saturated carbocycles. The van der Waals surface area contributed by atoms with E-state index in [1.807, 2.05) is 0 Å². The maximum absolute atomic E-state index is 12.5. The lowest BCUT2D eigenvalue weighted by molar-refractivity contribution is -0.138. The molecule has 2 heterocycles. The Morgan fingerprint density at radius 1 is 1.35 bits per heavy atom. The number of carboxylic acid groups (broad SMARTS) is 1. The van der Waals surface area contributed by atoms with Crippen LogP contribution in [0.1, 0.15) is 12.8 Å². The highest BCUT2D eigenvalue weighted by molar-refractivity contribution is 7.89. The number of carbonyl (C=O) groups is 1. The van der Waals surface area contributed by atoms with Gasteiger partial charge in [0.2, 0.25) is 10.0 Å². The van der Waals surface area contributed by atoms with E-state index in [0.717, 1.165) is 0 Å². The van der Waals surface area contributed by atoms with Crippen LogP contribution in [-0.4, -0.2) is 60.4 Å². The highest BCUT2D eigenvalue weighted by atomic mass is 32.2. The lowest BCUT2D eigenvalue weighted by atomic mass is 10.1. The first-order valence-electron chi connectivity index (χ1n) is 7.13. The van der Waals surface area contributed by atoms with Crippen molar-refractivity contribution >= 4 is 27.0 Å². The molecule has 23 heavy (non-hydrogen) atoms. The second-order valence-corrected chi connectivity index (χ2v) is 7.14. The molecule has 1 aromatic carbocycles. The highest BCUT2D eigenvalue weighted by Gasteiger charge is 2.27. The molecule has 1 fully saturated rings. The lowest BCUT2D eigenvalue weighted by Crippen LogP contribution is -2.45. The minimum atomic E-state index is -3.74. The first kappa shape index (κ1) is 15.8. The molecular formula is C13H16N4O5S. The van der Waals surface area contributed by atoms with E-state index < -0.39 is 16.0 Å². The van der Waals surface area contributed by atoms with Crippen LogP contribution in [0, 0.1) is 0 Å². The number of piperidine rings is 1. The molecule has 2 aromatic rings. The molecule has 0 radical (unpaired) electrons. The zero-order valence-corrected chi connectivity index (χ0v) is 13.0. The van der Waals surface area contributed by atoms with Crippen LogP contribution in [-0.2, 0) is 14.8 Å². The maximum atomic E-state index is 12.5. The summed E-state index contributed by atoms with van der Waals surface area (Å²) in [6.45, 7) is 1.05. The second kappa shape index (κ2) is 6.22. The summed E-state index contributed by atoms with van der Waals surface area (Å²) >= 11 is 0. The summed E-state index contributed by atoms with van der Waals surface area (Å²) in [7, 11) is -3.74. The van der Waals surface area contributed by atoms with Crippen LogP contribution < -0.4 is 4.72 Å². The van der Waals surface area contributed by atoms with Crippen molar-refractivity contribution in [3.05, 3.63) is 18.2 Å². The Morgan fingerprint density at radius 3 is 2.78 bits per heavy atom. The van der Waals surface area contributed by atoms with Crippen LogP contribution in [0.2, 0.25) is 0 Å². The van der Waals surface area contributed by atoms with Crippen molar-refractivity contribution in [2.45, 2.75) is 23.8 Å². The van der Waals surface area contributed by atoms with Gasteiger partial charge in [-0.3, -0.25) is 9.69 Å². The van der Waals surface area contributed by atoms with Crippen molar-refractivity contribution in [1.82, 2.24) is 19.9 Å². The molecule has 2 N–H and O–H groups in total. The molecule has 1 saturated heterocycles. The molecule has 0 atom stereocenters. The Morgan fingerprint density at radius 2 is 2.09 bits per heavy atom. The molecule has 9 nitrogen and oxygen atoms in total. The average Bonchev–Trinajstić information content (AvgIpc) is 2.96. The van der Waals surface area contributed by atoms with Gasteiger partial charge < -0.3 is 5.11 Å². The number of hydrogen-bond acceptors (Lipinski definition) is 7. The number of hydrogen-bond donors (Lipinski definition) is 2. The van der Waals surface area contributed by atoms with E-state index >= 15 is 0 Å². The normalized spacial score (nSPS) is 17.6. The molecule has 0 amide bonds. The van der Waals surface area contributed by atoms with Crippen molar-refractivity contribution < 1.29 is 22.9 Å². The SMILES string of the molecule is O=C(O)CN1CCC(NS(=O)(=O)c2cccc3nonc23)CC1. The zero-order valence-electron chi connectivity index (χ0n) is 12.2. The minimum absolute atomic E-state index is 0.0244. The second-order valence-electron chi connectivity index (χ2n) is 5.45. The standard InChI is InChI=1S/C13H16N4O5S/c18-12(19)8-17-6-4-9(5-7-17)16-23(20,21)11-3-1-2-10-13(11)15-22-14-10/h1-3,9,16H,4-8H2,(H,18,19). The van der Waals surface area contributed by atoms with E-state index in [1.165, 1.54) is 6.07 Å². The van der Waals surface area contributed by atoms with Crippen LogP contribution in [0.25, 0.3) is 11.0 Å². The third kappa shape index (κ3) is 3.49. The van der Waals surface area contributed by atoms with Crippen LogP contribution in [0.15, 0.2) is 27.7 Å². The number of sulfonamides is 1. The summed E-state index contributed by atoms with van der Waals surface area (Å²) in [5, 5.41) is 16.1. The Hall–Kier alpha value is -2.04. The molecule has 3 rings (SSSR count). The summed E-state index contributed by atoms with van der Waals surface area (Å²) in [6, 6.07) is 4.42. The number of rotatable bonds is 5. The Balaban J connectivity index is 1.70. The molecular weight excluding hydrogens is 324 g/mol. The predicted octanol–water partition coefficient (Wildman–Crippen LogP) is 0.0501. The van der Waals surface area contributed by atoms with E-state index in [0.29, 0.717) is 31.4 Å². The van der Waals surface area contributed by atoms with Gasteiger partial charge in [0, 0.05) is 19.1 Å². The molecule has 0 bridgehead atoms. The van der Waals surface area contributed by atoms with Gasteiger partial charge in [-0.1, -0.05) is 6.07 Å². The Labute approximate surface area is 132 Å². The molecule has 0 spiro atoms. The fraction of sp³-hybridized carbons (Fsp3) is 0.462. The number of aromatic nitrogens is 2. The fourth-order valence-corrected chi connectivity index (χ4v) is 4.14. The smallest absolute Gasteiger partial charge is 0.317 e. The van der Waals surface area contributed by atoms with Gasteiger partial charge in [-0.05, 0) is 35.3 Å². The van der Waals surface area contributed by atoms with Crippen molar-refractivity contribution in [3.63, 3.8) is 0 Å². The number of carboxylic acids is 1. The molecule has 124 valence electrons. The molecule has 1 aliphatic rings. The third-order valence-corrected chi connectivity index (χ3v) is 5.36. The molecule has 0 unspecified atom stereocenters. The van der Waals surface area contributed by atoms with Gasteiger partial charge in [0.05, 0.1) is 6.54 Å². The van der Waals surface area contributed by atoms with Crippen LogP contribution in [0.3, 0.4) is 0 Å². The molecule has 0 aliphatic carbocycles. The van der Waals surface area contributed by atoms with Crippen molar-refractivity contribution in [2.24, 2.45) is 0 Å². The summed E-state index contributed by atoms with van der Waals surface area (Å²) in [6.07, 6.45) is 1.11. The van der Waals surface area contributed by atoms with Crippen LogP contribution >= 0.6 is 0 Å². The highest BCUT2D eigenvalue weighted by Crippen LogP contribution is 2.21. The summed E-state index contributed by atoms with van der Waals surface area (Å²) in [4.78, 5) is 12.5. The first-order valence-corrected chi connectivity index (χ1v) is 8.62. The number of fused-ring (bicyclic) bond motifs is 1. The number of aliphatic carboxylic acids is 1. The summed E-state index contributed by atoms with van der Waals surface area (Å²) < 4.78 is 32.3. The number of nitrogens with one attached hydrogen (secondary N) is 1. The third-order valence-electron chi connectivity index (χ3n) is 3.81. The maximum Gasteiger partial charge on any atom is 0.317 e. The van der Waals surface area contributed by atoms with Gasteiger partial charge in [0.25, 0.3) is 0 Å². The average molecular weight is 340 g/mol. The van der Waals surface area contributed by atoms with Gasteiger partial charge in [-0.2, -0.15) is 0 Å². The lowest BCUT2D eigenvalue weighted by Gasteiger charge is -2.30. The summed E-state index contributed by atoms with van der Waals surface area (Å²) in [5.41, 5.74) is 0.576. The largest absolute Gasteiger partial charge is 0.480 e. The minimum Gasteiger partial charge on any atom is -0.480 e. The van der Waals surface area contributed by atoms with E-state index in [4.69, 9.17) is 5.11 Å². The van der Waals surface area contributed by atoms with E-state index in [-0.39, 0.29) is 23.0 Å². The van der Waals surface area contributed by atoms with Gasteiger partial charge in [-0.25, -0.2) is 17.8 Å². The summed E-state index contributed by atoms with van der Waals surface area (Å²) in [5.74, 6) is -0.880. The first-order chi connectivity index (χ1) is 11.0.